The number of hydrogen-bond donors (Lipinski definition) is 4. The molecule has 4 N–H and O–H groups in total. The number of ether oxygens (including phenoxy) is 1. The molecule has 5 heterocycles. The monoisotopic (exact) mass is 751 g/mol. The molecule has 1 atom stereocenters. The number of amides is 4. The number of imidazole rings is 1. The molecule has 0 radical (unpaired) electrons. The van der Waals surface area contributed by atoms with Gasteiger partial charge >= 0.3 is 0 Å². The number of benzene rings is 1. The largest absolute Gasteiger partial charge is 0.493 e. The van der Waals surface area contributed by atoms with Crippen molar-refractivity contribution in [2.75, 3.05) is 36.9 Å². The third kappa shape index (κ3) is 8.75. The van der Waals surface area contributed by atoms with Gasteiger partial charge < -0.3 is 44.4 Å². The van der Waals surface area contributed by atoms with Crippen molar-refractivity contribution in [2.45, 2.75) is 45.1 Å². The Labute approximate surface area is 317 Å². The molecule has 3 aromatic heterocycles. The van der Waals surface area contributed by atoms with Gasteiger partial charge in [0.15, 0.2) is 11.6 Å². The Morgan fingerprint density at radius 2 is 1.73 bits per heavy atom. The van der Waals surface area contributed by atoms with Crippen LogP contribution in [0.5, 0.6) is 5.75 Å². The quantitative estimate of drug-likeness (QED) is 0.0806. The first kappa shape index (κ1) is 38.4. The average molecular weight is 752 g/mol. The molecule has 288 valence electrons. The first-order valence-corrected chi connectivity index (χ1v) is 18.0. The molecule has 1 aromatic carbocycles. The van der Waals surface area contributed by atoms with Gasteiger partial charge in [0.05, 0.1) is 29.6 Å². The lowest BCUT2D eigenvalue weighted by Crippen LogP contribution is -2.35. The molecule has 16 nitrogen and oxygen atoms in total. The molecule has 4 amide bonds. The molecular formula is C39H45N9O7. The van der Waals surface area contributed by atoms with Gasteiger partial charge in [-0.2, -0.15) is 0 Å². The predicted octanol–water partition coefficient (Wildman–Crippen LogP) is 3.48. The van der Waals surface area contributed by atoms with Crippen LogP contribution < -0.4 is 20.7 Å². The second-order valence-corrected chi connectivity index (χ2v) is 13.9. The summed E-state index contributed by atoms with van der Waals surface area (Å²) in [5.74, 6) is -0.430. The van der Waals surface area contributed by atoms with Crippen molar-refractivity contribution in [2.24, 2.45) is 26.1 Å². The molecule has 6 rings (SSSR count). The van der Waals surface area contributed by atoms with Crippen molar-refractivity contribution >= 4 is 52.8 Å². The fourth-order valence-electron chi connectivity index (χ4n) is 6.67. The molecule has 0 spiro atoms. The second kappa shape index (κ2) is 16.4. The molecule has 55 heavy (non-hydrogen) atoms. The number of aliphatic hydroxyl groups is 1. The zero-order valence-electron chi connectivity index (χ0n) is 31.3. The van der Waals surface area contributed by atoms with Gasteiger partial charge in [-0.1, -0.05) is 12.2 Å². The number of aromatic nitrogens is 4. The number of anilines is 2. The zero-order valence-corrected chi connectivity index (χ0v) is 31.3. The van der Waals surface area contributed by atoms with Crippen LogP contribution in [0.1, 0.15) is 78.8 Å². The minimum absolute atomic E-state index is 0.0312. The van der Waals surface area contributed by atoms with Crippen LogP contribution in [0, 0.1) is 6.92 Å². The third-order valence-corrected chi connectivity index (χ3v) is 9.44. The maximum Gasteiger partial charge on any atom is 0.272 e. The van der Waals surface area contributed by atoms with Gasteiger partial charge in [-0.05, 0) is 55.5 Å². The summed E-state index contributed by atoms with van der Waals surface area (Å²) in [5, 5.41) is 17.2. The fourth-order valence-corrected chi connectivity index (χ4v) is 6.67. The minimum atomic E-state index is -0.419. The number of Topliss-reactive ketones (excluding diaryl/α,β-unsaturated/α-hetero) is 1. The van der Waals surface area contributed by atoms with Gasteiger partial charge in [-0.3, -0.25) is 29.0 Å². The summed E-state index contributed by atoms with van der Waals surface area (Å²) < 4.78 is 10.7. The Morgan fingerprint density at radius 3 is 2.51 bits per heavy atom. The first-order valence-electron chi connectivity index (χ1n) is 18.0. The summed E-state index contributed by atoms with van der Waals surface area (Å²) in [5.41, 5.74) is 4.57. The number of carbonyl (C=O) groups is 5. The van der Waals surface area contributed by atoms with Gasteiger partial charge in [0.25, 0.3) is 17.7 Å². The lowest BCUT2D eigenvalue weighted by Gasteiger charge is -2.20. The van der Waals surface area contributed by atoms with E-state index in [0.29, 0.717) is 72.0 Å². The van der Waals surface area contributed by atoms with Crippen LogP contribution in [0.4, 0.5) is 17.2 Å². The number of nitrogens with one attached hydrogen (secondary N) is 3. The van der Waals surface area contributed by atoms with E-state index in [1.165, 1.54) is 0 Å². The summed E-state index contributed by atoms with van der Waals surface area (Å²) in [4.78, 5) is 75.4. The van der Waals surface area contributed by atoms with Crippen LogP contribution in [0.15, 0.2) is 60.0 Å². The summed E-state index contributed by atoms with van der Waals surface area (Å²) in [6.07, 6.45) is 8.33. The van der Waals surface area contributed by atoms with Crippen LogP contribution in [-0.4, -0.2) is 96.7 Å². The Hall–Kier alpha value is -6.29. The van der Waals surface area contributed by atoms with Gasteiger partial charge in [0, 0.05) is 84.6 Å². The van der Waals surface area contributed by atoms with Crippen molar-refractivity contribution < 1.29 is 33.8 Å². The molecule has 0 saturated carbocycles. The van der Waals surface area contributed by atoms with E-state index in [0.717, 1.165) is 11.1 Å². The van der Waals surface area contributed by atoms with Crippen molar-refractivity contribution in [3.63, 3.8) is 0 Å². The molecule has 2 aliphatic heterocycles. The average Bonchev–Trinajstić information content (AvgIpc) is 3.89. The summed E-state index contributed by atoms with van der Waals surface area (Å²) in [6, 6.07) is 6.64. The SMILES string of the molecule is C=C1C[C@@H]2C=Nc3cc(OCCCC(=O)Nc4cn(C)c(C(=O)Cc5cc(C(=O)Nc6cc(C(=O)NCCCO)n(C)c6)n(C)c5)n4)c(C)cc3C(=O)N2C1. The van der Waals surface area contributed by atoms with E-state index in [1.54, 1.807) is 88.8 Å². The van der Waals surface area contributed by atoms with E-state index in [2.05, 4.69) is 32.5 Å². The number of carbonyl (C=O) groups excluding carboxylic acids is 5. The van der Waals surface area contributed by atoms with E-state index in [-0.39, 0.29) is 67.2 Å². The smallest absolute Gasteiger partial charge is 0.272 e. The maximum absolute atomic E-state index is 13.3. The van der Waals surface area contributed by atoms with Gasteiger partial charge in [-0.15, -0.1) is 0 Å². The number of fused-ring (bicyclic) bond motifs is 2. The summed E-state index contributed by atoms with van der Waals surface area (Å²) in [6.45, 7) is 6.97. The molecule has 1 fully saturated rings. The molecule has 2 aliphatic rings. The normalized spacial score (nSPS) is 14.7. The number of nitrogens with zero attached hydrogens (tertiary/aromatic N) is 6. The molecule has 16 heteroatoms. The number of aryl methyl sites for hydroxylation is 4. The molecule has 1 saturated heterocycles. The van der Waals surface area contributed by atoms with Crippen LogP contribution in [0.3, 0.4) is 0 Å². The van der Waals surface area contributed by atoms with Gasteiger partial charge in [0.2, 0.25) is 11.7 Å². The van der Waals surface area contributed by atoms with Crippen molar-refractivity contribution in [1.29, 1.82) is 0 Å². The summed E-state index contributed by atoms with van der Waals surface area (Å²) in [7, 11) is 5.04. The van der Waals surface area contributed by atoms with Gasteiger partial charge in [-0.25, -0.2) is 4.98 Å². The number of aliphatic imine (C=N–C) groups is 1. The van der Waals surface area contributed by atoms with Crippen molar-refractivity contribution in [3.8, 4) is 5.75 Å². The van der Waals surface area contributed by atoms with E-state index < -0.39 is 5.91 Å². The van der Waals surface area contributed by atoms with Crippen molar-refractivity contribution in [3.05, 3.63) is 88.9 Å². The van der Waals surface area contributed by atoms with E-state index in [1.807, 2.05) is 6.92 Å². The number of rotatable bonds is 15. The Kier molecular flexibility index (Phi) is 11.4. The number of hydrogen-bond acceptors (Lipinski definition) is 9. The molecule has 4 aromatic rings. The maximum atomic E-state index is 13.3. The van der Waals surface area contributed by atoms with Crippen LogP contribution in [0.2, 0.25) is 0 Å². The highest BCUT2D eigenvalue weighted by atomic mass is 16.5. The van der Waals surface area contributed by atoms with Gasteiger partial charge in [0.1, 0.15) is 17.1 Å². The standard InChI is InChI=1S/C39H45N9O7/c1-23-12-27-18-41-29-17-33(24(2)13-28(29)39(54)48(27)19-23)55-11-6-8-35(51)43-34-22-47(5)36(44-34)32(50)15-25-14-30(45(3)20-25)38(53)42-26-16-31(46(4)21-26)37(52)40-9-7-10-49/h13-14,16-18,20-22,27,49H,1,6-12,15,19H2,2-5H3,(H,40,52)(H,42,53)(H,43,51)/t27-/m1/s1. The Bertz CT molecular complexity index is 2210. The first-order chi connectivity index (χ1) is 26.3. The highest BCUT2D eigenvalue weighted by Gasteiger charge is 2.34. The lowest BCUT2D eigenvalue weighted by atomic mass is 10.1. The van der Waals surface area contributed by atoms with Crippen LogP contribution in [-0.2, 0) is 32.4 Å². The third-order valence-electron chi connectivity index (χ3n) is 9.44. The minimum Gasteiger partial charge on any atom is -0.493 e. The molecule has 0 bridgehead atoms. The molecule has 0 unspecified atom stereocenters. The lowest BCUT2D eigenvalue weighted by molar-refractivity contribution is -0.116. The summed E-state index contributed by atoms with van der Waals surface area (Å²) >= 11 is 0. The fraction of sp³-hybridized carbons (Fsp3) is 0.359. The second-order valence-electron chi connectivity index (χ2n) is 13.9. The Morgan fingerprint density at radius 1 is 0.964 bits per heavy atom. The highest BCUT2D eigenvalue weighted by Crippen LogP contribution is 2.34. The predicted molar refractivity (Wildman–Crippen MR) is 205 cm³/mol. The topological polar surface area (TPSA) is 194 Å². The Balaban J connectivity index is 0.983. The van der Waals surface area contributed by atoms with E-state index >= 15 is 0 Å². The molecular weight excluding hydrogens is 706 g/mol. The number of aliphatic hydroxyl groups excluding tert-OH is 1. The highest BCUT2D eigenvalue weighted by molar-refractivity contribution is 6.05. The zero-order chi connectivity index (χ0) is 39.4. The van der Waals surface area contributed by atoms with Crippen LogP contribution >= 0.6 is 0 Å². The molecule has 0 aliphatic carbocycles. The van der Waals surface area contributed by atoms with Crippen molar-refractivity contribution in [1.82, 2.24) is 28.9 Å². The van der Waals surface area contributed by atoms with E-state index in [9.17, 15) is 24.0 Å². The number of ketones is 1. The van der Waals surface area contributed by atoms with E-state index in [4.69, 9.17) is 9.84 Å². The van der Waals surface area contributed by atoms with Crippen LogP contribution in [0.25, 0.3) is 0 Å².